The van der Waals surface area contributed by atoms with E-state index < -0.39 is 12.0 Å². The monoisotopic (exact) mass is 343 g/mol. The van der Waals surface area contributed by atoms with Crippen molar-refractivity contribution >= 4 is 11.9 Å². The van der Waals surface area contributed by atoms with Crippen molar-refractivity contribution in [2.24, 2.45) is 5.73 Å². The van der Waals surface area contributed by atoms with Crippen molar-refractivity contribution in [1.82, 2.24) is 10.9 Å². The van der Waals surface area contributed by atoms with Gasteiger partial charge in [0.2, 0.25) is 5.91 Å². The number of carboxylic acid groups (broad SMARTS) is 1. The minimum Gasteiger partial charge on any atom is -0.480 e. The van der Waals surface area contributed by atoms with Gasteiger partial charge in [-0.15, -0.1) is 0 Å². The predicted octanol–water partition coefficient (Wildman–Crippen LogP) is 3.11. The summed E-state index contributed by atoms with van der Waals surface area (Å²) in [6.45, 7) is 2.77. The number of nitrogens with one attached hydrogen (secondary N) is 2. The van der Waals surface area contributed by atoms with Gasteiger partial charge in [0.05, 0.1) is 0 Å². The van der Waals surface area contributed by atoms with Crippen molar-refractivity contribution in [3.05, 3.63) is 0 Å². The molecule has 0 bridgehead atoms. The van der Waals surface area contributed by atoms with Gasteiger partial charge >= 0.3 is 5.97 Å². The van der Waals surface area contributed by atoms with Gasteiger partial charge in [-0.25, -0.2) is 5.43 Å². The predicted molar refractivity (Wildman–Crippen MR) is 97.5 cm³/mol. The van der Waals surface area contributed by atoms with Crippen molar-refractivity contribution in [2.45, 2.75) is 96.4 Å². The van der Waals surface area contributed by atoms with E-state index in [-0.39, 0.29) is 5.91 Å². The number of unbranched alkanes of at least 4 members (excludes halogenated alkanes) is 9. The van der Waals surface area contributed by atoms with Crippen molar-refractivity contribution < 1.29 is 14.7 Å². The number of carbonyl (C=O) groups is 2. The maximum Gasteiger partial charge on any atom is 0.322 e. The quantitative estimate of drug-likeness (QED) is 0.240. The maximum atomic E-state index is 11.7. The second kappa shape index (κ2) is 16.7. The Labute approximate surface area is 146 Å². The summed E-state index contributed by atoms with van der Waals surface area (Å²) in [7, 11) is 0. The van der Waals surface area contributed by atoms with Gasteiger partial charge in [0, 0.05) is 6.42 Å². The second-order valence-corrected chi connectivity index (χ2v) is 6.45. The normalized spacial score (nSPS) is 12.1. The number of rotatable bonds is 17. The summed E-state index contributed by atoms with van der Waals surface area (Å²) in [5.74, 6) is -1.08. The van der Waals surface area contributed by atoms with E-state index in [0.29, 0.717) is 19.4 Å². The fourth-order valence-electron chi connectivity index (χ4n) is 2.58. The molecule has 0 unspecified atom stereocenters. The van der Waals surface area contributed by atoms with Crippen LogP contribution < -0.4 is 16.6 Å². The van der Waals surface area contributed by atoms with Crippen LogP contribution in [0.5, 0.6) is 0 Å². The lowest BCUT2D eigenvalue weighted by molar-refractivity contribution is -0.140. The maximum absolute atomic E-state index is 11.7. The Morgan fingerprint density at radius 1 is 0.917 bits per heavy atom. The van der Waals surface area contributed by atoms with Gasteiger partial charge in [0.1, 0.15) is 6.04 Å². The molecule has 0 saturated heterocycles. The van der Waals surface area contributed by atoms with E-state index in [1.807, 2.05) is 0 Å². The Bertz CT molecular complexity index is 325. The molecule has 0 fully saturated rings. The number of aliphatic carboxylic acids is 1. The zero-order valence-electron chi connectivity index (χ0n) is 15.3. The summed E-state index contributed by atoms with van der Waals surface area (Å²) in [6.07, 6.45) is 13.3. The summed E-state index contributed by atoms with van der Waals surface area (Å²) in [4.78, 5) is 22.8. The van der Waals surface area contributed by atoms with Gasteiger partial charge in [-0.3, -0.25) is 15.0 Å². The number of hydrazine groups is 1. The van der Waals surface area contributed by atoms with E-state index in [1.54, 1.807) is 0 Å². The number of amides is 1. The van der Waals surface area contributed by atoms with Crippen molar-refractivity contribution in [3.8, 4) is 0 Å². The molecule has 0 saturated carbocycles. The molecule has 0 heterocycles. The largest absolute Gasteiger partial charge is 0.480 e. The van der Waals surface area contributed by atoms with Gasteiger partial charge < -0.3 is 10.8 Å². The number of carbonyl (C=O) groups excluding carboxylic acids is 1. The van der Waals surface area contributed by atoms with Crippen LogP contribution in [0.25, 0.3) is 0 Å². The van der Waals surface area contributed by atoms with Crippen LogP contribution in [0.3, 0.4) is 0 Å². The number of carboxylic acids is 1. The van der Waals surface area contributed by atoms with Gasteiger partial charge in [0.25, 0.3) is 0 Å². The van der Waals surface area contributed by atoms with Crippen molar-refractivity contribution in [1.29, 1.82) is 0 Å². The zero-order valence-corrected chi connectivity index (χ0v) is 15.3. The lowest BCUT2D eigenvalue weighted by atomic mass is 10.1. The molecule has 0 rings (SSSR count). The summed E-state index contributed by atoms with van der Waals surface area (Å²) in [6, 6.07) is -0.747. The van der Waals surface area contributed by atoms with Crippen LogP contribution in [-0.4, -0.2) is 29.6 Å². The fourth-order valence-corrected chi connectivity index (χ4v) is 2.58. The zero-order chi connectivity index (χ0) is 18.0. The number of hydrogen-bond donors (Lipinski definition) is 4. The fraction of sp³-hybridized carbons (Fsp3) is 0.889. The molecule has 0 aromatic rings. The third-order valence-electron chi connectivity index (χ3n) is 4.14. The van der Waals surface area contributed by atoms with Crippen LogP contribution in [0.15, 0.2) is 0 Å². The van der Waals surface area contributed by atoms with E-state index in [0.717, 1.165) is 25.7 Å². The first-order valence-electron chi connectivity index (χ1n) is 9.59. The Morgan fingerprint density at radius 2 is 1.50 bits per heavy atom. The van der Waals surface area contributed by atoms with Crippen LogP contribution in [0.2, 0.25) is 0 Å². The molecule has 24 heavy (non-hydrogen) atoms. The van der Waals surface area contributed by atoms with Crippen molar-refractivity contribution in [2.75, 3.05) is 6.54 Å². The van der Waals surface area contributed by atoms with Gasteiger partial charge in [-0.2, -0.15) is 0 Å². The number of nitrogens with two attached hydrogens (primary N) is 1. The van der Waals surface area contributed by atoms with Crippen LogP contribution in [0.4, 0.5) is 0 Å². The average molecular weight is 344 g/mol. The molecule has 1 atom stereocenters. The van der Waals surface area contributed by atoms with E-state index in [9.17, 15) is 9.59 Å². The number of hydrogen-bond acceptors (Lipinski definition) is 4. The molecular weight excluding hydrogens is 306 g/mol. The van der Waals surface area contributed by atoms with Crippen LogP contribution >= 0.6 is 0 Å². The summed E-state index contributed by atoms with van der Waals surface area (Å²) in [5, 5.41) is 9.09. The first-order chi connectivity index (χ1) is 11.6. The topological polar surface area (TPSA) is 104 Å². The van der Waals surface area contributed by atoms with Crippen LogP contribution in [0.1, 0.15) is 90.4 Å². The Hall–Kier alpha value is -1.14. The lowest BCUT2D eigenvalue weighted by Crippen LogP contribution is -2.48. The molecule has 0 aliphatic rings. The smallest absolute Gasteiger partial charge is 0.322 e. The van der Waals surface area contributed by atoms with E-state index in [4.69, 9.17) is 10.8 Å². The summed E-state index contributed by atoms with van der Waals surface area (Å²) in [5.41, 5.74) is 10.5. The molecule has 5 N–H and O–H groups in total. The Morgan fingerprint density at radius 3 is 2.04 bits per heavy atom. The highest BCUT2D eigenvalue weighted by molar-refractivity contribution is 5.77. The third kappa shape index (κ3) is 14.5. The first kappa shape index (κ1) is 22.9. The average Bonchev–Trinajstić information content (AvgIpc) is 2.56. The highest BCUT2D eigenvalue weighted by Gasteiger charge is 2.16. The SMILES string of the molecule is CCCCCCCCCCCC(=O)NN[C@@H](CCCCN)C(=O)O. The third-order valence-corrected chi connectivity index (χ3v) is 4.14. The molecule has 142 valence electrons. The lowest BCUT2D eigenvalue weighted by Gasteiger charge is -2.15. The molecule has 0 spiro atoms. The first-order valence-corrected chi connectivity index (χ1v) is 9.59. The Kier molecular flexibility index (Phi) is 15.9. The standard InChI is InChI=1S/C18H37N3O3/c1-2-3-4-5-6-7-8-9-10-14-17(22)21-20-16(18(23)24)13-11-12-15-19/h16,20H,2-15,19H2,1H3,(H,21,22)(H,23,24)/t16-/m0/s1. The molecule has 0 aromatic heterocycles. The van der Waals surface area contributed by atoms with Gasteiger partial charge in [-0.1, -0.05) is 58.3 Å². The molecule has 1 amide bonds. The minimum absolute atomic E-state index is 0.136. The molecule has 0 radical (unpaired) electrons. The molecule has 0 aliphatic heterocycles. The second-order valence-electron chi connectivity index (χ2n) is 6.45. The molecule has 6 heteroatoms. The highest BCUT2D eigenvalue weighted by atomic mass is 16.4. The van der Waals surface area contributed by atoms with E-state index in [2.05, 4.69) is 17.8 Å². The van der Waals surface area contributed by atoms with Crippen molar-refractivity contribution in [3.63, 3.8) is 0 Å². The summed E-state index contributed by atoms with van der Waals surface area (Å²) >= 11 is 0. The highest BCUT2D eigenvalue weighted by Crippen LogP contribution is 2.10. The van der Waals surface area contributed by atoms with E-state index >= 15 is 0 Å². The summed E-state index contributed by atoms with van der Waals surface area (Å²) < 4.78 is 0. The van der Waals surface area contributed by atoms with Gasteiger partial charge in [0.15, 0.2) is 0 Å². The van der Waals surface area contributed by atoms with E-state index in [1.165, 1.54) is 44.9 Å². The van der Waals surface area contributed by atoms with Crippen LogP contribution in [0, 0.1) is 0 Å². The molecule has 0 aromatic carbocycles. The molecule has 6 nitrogen and oxygen atoms in total. The van der Waals surface area contributed by atoms with Gasteiger partial charge in [-0.05, 0) is 32.2 Å². The Balaban J connectivity index is 3.58. The minimum atomic E-state index is -0.949. The van der Waals surface area contributed by atoms with Crippen LogP contribution in [-0.2, 0) is 9.59 Å². The molecule has 0 aliphatic carbocycles. The molecular formula is C18H37N3O3.